The van der Waals surface area contributed by atoms with E-state index < -0.39 is 0 Å². The zero-order chi connectivity index (χ0) is 18.5. The maximum atomic E-state index is 12.4. The lowest BCUT2D eigenvalue weighted by Gasteiger charge is -2.34. The van der Waals surface area contributed by atoms with Crippen molar-refractivity contribution in [1.29, 1.82) is 0 Å². The van der Waals surface area contributed by atoms with E-state index in [0.717, 1.165) is 5.56 Å². The molecule has 0 aliphatic carbocycles. The summed E-state index contributed by atoms with van der Waals surface area (Å²) < 4.78 is 16.0. The first-order valence-electron chi connectivity index (χ1n) is 8.46. The van der Waals surface area contributed by atoms with Crippen LogP contribution >= 0.6 is 0 Å². The second-order valence-corrected chi connectivity index (χ2v) is 6.09. The highest BCUT2D eigenvalue weighted by Crippen LogP contribution is 2.27. The number of ether oxygens (including phenoxy) is 2. The Morgan fingerprint density at radius 2 is 1.81 bits per heavy atom. The summed E-state index contributed by atoms with van der Waals surface area (Å²) in [6.45, 7) is 3.78. The van der Waals surface area contributed by atoms with Gasteiger partial charge in [-0.2, -0.15) is 0 Å². The predicted molar refractivity (Wildman–Crippen MR) is 94.4 cm³/mol. The van der Waals surface area contributed by atoms with Crippen molar-refractivity contribution < 1.29 is 23.5 Å². The van der Waals surface area contributed by atoms with E-state index in [1.54, 1.807) is 35.1 Å². The standard InChI is InChI=1S/C19H22N2O5/c1-14-5-6-15(17(12-14)24-2)26-13-18(22)20-7-9-21(10-8-20)19(23)16-4-3-11-25-16/h3-6,11-12H,7-10,13H2,1-2H3. The van der Waals surface area contributed by atoms with E-state index in [-0.39, 0.29) is 18.4 Å². The molecule has 1 aromatic heterocycles. The van der Waals surface area contributed by atoms with Crippen LogP contribution < -0.4 is 9.47 Å². The molecule has 0 bridgehead atoms. The molecule has 1 aliphatic rings. The molecule has 0 N–H and O–H groups in total. The third kappa shape index (κ3) is 3.99. The highest BCUT2D eigenvalue weighted by Gasteiger charge is 2.26. The summed E-state index contributed by atoms with van der Waals surface area (Å²) in [5, 5.41) is 0. The van der Waals surface area contributed by atoms with Crippen LogP contribution in [-0.4, -0.2) is 61.5 Å². The van der Waals surface area contributed by atoms with E-state index in [1.165, 1.54) is 6.26 Å². The SMILES string of the molecule is COc1cc(C)ccc1OCC(=O)N1CCN(C(=O)c2ccco2)CC1. The number of carbonyl (C=O) groups excluding carboxylic acids is 2. The quantitative estimate of drug-likeness (QED) is 0.817. The van der Waals surface area contributed by atoms with E-state index in [2.05, 4.69) is 0 Å². The van der Waals surface area contributed by atoms with E-state index in [0.29, 0.717) is 43.4 Å². The van der Waals surface area contributed by atoms with Crippen LogP contribution in [0.4, 0.5) is 0 Å². The van der Waals surface area contributed by atoms with Gasteiger partial charge in [-0.1, -0.05) is 6.07 Å². The van der Waals surface area contributed by atoms with Gasteiger partial charge in [0.05, 0.1) is 13.4 Å². The van der Waals surface area contributed by atoms with Crippen LogP contribution in [0.3, 0.4) is 0 Å². The van der Waals surface area contributed by atoms with E-state index >= 15 is 0 Å². The maximum absolute atomic E-state index is 12.4. The Morgan fingerprint density at radius 1 is 1.08 bits per heavy atom. The number of amides is 2. The molecule has 3 rings (SSSR count). The van der Waals surface area contributed by atoms with Crippen molar-refractivity contribution >= 4 is 11.8 Å². The van der Waals surface area contributed by atoms with Gasteiger partial charge < -0.3 is 23.7 Å². The van der Waals surface area contributed by atoms with Gasteiger partial charge in [0.2, 0.25) is 0 Å². The van der Waals surface area contributed by atoms with Gasteiger partial charge in [-0.25, -0.2) is 0 Å². The molecule has 0 spiro atoms. The van der Waals surface area contributed by atoms with Gasteiger partial charge in [0.15, 0.2) is 23.9 Å². The Hall–Kier alpha value is -2.96. The van der Waals surface area contributed by atoms with Crippen molar-refractivity contribution in [2.45, 2.75) is 6.92 Å². The maximum Gasteiger partial charge on any atom is 0.289 e. The van der Waals surface area contributed by atoms with E-state index in [1.807, 2.05) is 19.1 Å². The van der Waals surface area contributed by atoms with Crippen molar-refractivity contribution in [2.24, 2.45) is 0 Å². The summed E-state index contributed by atoms with van der Waals surface area (Å²) in [7, 11) is 1.57. The van der Waals surface area contributed by atoms with Crippen molar-refractivity contribution in [2.75, 3.05) is 39.9 Å². The Bertz CT molecular complexity index is 764. The lowest BCUT2D eigenvalue weighted by Crippen LogP contribution is -2.51. The van der Waals surface area contributed by atoms with Gasteiger partial charge in [-0.05, 0) is 36.8 Å². The van der Waals surface area contributed by atoms with Crippen LogP contribution in [0.15, 0.2) is 41.0 Å². The Balaban J connectivity index is 1.50. The smallest absolute Gasteiger partial charge is 0.289 e. The minimum atomic E-state index is -0.150. The summed E-state index contributed by atoms with van der Waals surface area (Å²) in [5.74, 6) is 1.20. The molecule has 26 heavy (non-hydrogen) atoms. The molecule has 1 aromatic carbocycles. The number of methoxy groups -OCH3 is 1. The van der Waals surface area contributed by atoms with Gasteiger partial charge in [-0.15, -0.1) is 0 Å². The van der Waals surface area contributed by atoms with Crippen molar-refractivity contribution in [3.8, 4) is 11.5 Å². The number of furan rings is 1. The average Bonchev–Trinajstić information content (AvgIpc) is 3.21. The number of piperazine rings is 1. The second-order valence-electron chi connectivity index (χ2n) is 6.09. The summed E-state index contributed by atoms with van der Waals surface area (Å²) in [4.78, 5) is 28.0. The molecule has 1 saturated heterocycles. The molecule has 1 aliphatic heterocycles. The molecule has 7 heteroatoms. The molecule has 2 aromatic rings. The zero-order valence-corrected chi connectivity index (χ0v) is 14.9. The van der Waals surface area contributed by atoms with Gasteiger partial charge in [0.1, 0.15) is 0 Å². The van der Waals surface area contributed by atoms with Crippen molar-refractivity contribution in [3.05, 3.63) is 47.9 Å². The van der Waals surface area contributed by atoms with Crippen molar-refractivity contribution in [3.63, 3.8) is 0 Å². The molecule has 1 fully saturated rings. The van der Waals surface area contributed by atoms with E-state index in [9.17, 15) is 9.59 Å². The van der Waals surface area contributed by atoms with Crippen LogP contribution in [0.1, 0.15) is 16.1 Å². The molecular formula is C19H22N2O5. The fraction of sp³-hybridized carbons (Fsp3) is 0.368. The third-order valence-electron chi connectivity index (χ3n) is 4.32. The van der Waals surface area contributed by atoms with Crippen LogP contribution in [0, 0.1) is 6.92 Å². The van der Waals surface area contributed by atoms with Crippen LogP contribution in [0.2, 0.25) is 0 Å². The Morgan fingerprint density at radius 3 is 2.46 bits per heavy atom. The van der Waals surface area contributed by atoms with Crippen molar-refractivity contribution in [1.82, 2.24) is 9.80 Å². The minimum absolute atomic E-state index is 0.0639. The monoisotopic (exact) mass is 358 g/mol. The molecule has 2 amide bonds. The molecule has 0 unspecified atom stereocenters. The van der Waals surface area contributed by atoms with E-state index in [4.69, 9.17) is 13.9 Å². The average molecular weight is 358 g/mol. The topological polar surface area (TPSA) is 72.2 Å². The minimum Gasteiger partial charge on any atom is -0.493 e. The first-order chi connectivity index (χ1) is 12.6. The van der Waals surface area contributed by atoms with Crippen LogP contribution in [0.25, 0.3) is 0 Å². The predicted octanol–water partition coefficient (Wildman–Crippen LogP) is 1.96. The van der Waals surface area contributed by atoms with Gasteiger partial charge in [0.25, 0.3) is 11.8 Å². The summed E-state index contributed by atoms with van der Waals surface area (Å²) in [6.07, 6.45) is 1.48. The number of hydrogen-bond donors (Lipinski definition) is 0. The second kappa shape index (κ2) is 7.95. The summed E-state index contributed by atoms with van der Waals surface area (Å²) >= 11 is 0. The normalized spacial score (nSPS) is 14.2. The summed E-state index contributed by atoms with van der Waals surface area (Å²) in [6, 6.07) is 8.88. The zero-order valence-electron chi connectivity index (χ0n) is 14.9. The molecule has 2 heterocycles. The number of rotatable bonds is 5. The highest BCUT2D eigenvalue weighted by atomic mass is 16.5. The third-order valence-corrected chi connectivity index (χ3v) is 4.32. The Kier molecular flexibility index (Phi) is 5.46. The fourth-order valence-electron chi connectivity index (χ4n) is 2.84. The molecule has 7 nitrogen and oxygen atoms in total. The number of hydrogen-bond acceptors (Lipinski definition) is 5. The Labute approximate surface area is 152 Å². The molecular weight excluding hydrogens is 336 g/mol. The van der Waals surface area contributed by atoms with Crippen LogP contribution in [0.5, 0.6) is 11.5 Å². The number of carbonyl (C=O) groups is 2. The number of aryl methyl sites for hydroxylation is 1. The lowest BCUT2D eigenvalue weighted by atomic mass is 10.2. The van der Waals surface area contributed by atoms with Crippen LogP contribution in [-0.2, 0) is 4.79 Å². The highest BCUT2D eigenvalue weighted by molar-refractivity contribution is 5.91. The van der Waals surface area contributed by atoms with Gasteiger partial charge in [0, 0.05) is 26.2 Å². The fourth-order valence-corrected chi connectivity index (χ4v) is 2.84. The van der Waals surface area contributed by atoms with Gasteiger partial charge >= 0.3 is 0 Å². The first-order valence-corrected chi connectivity index (χ1v) is 8.46. The van der Waals surface area contributed by atoms with Gasteiger partial charge in [-0.3, -0.25) is 9.59 Å². The number of nitrogens with zero attached hydrogens (tertiary/aromatic N) is 2. The summed E-state index contributed by atoms with van der Waals surface area (Å²) in [5.41, 5.74) is 1.05. The first kappa shape index (κ1) is 17.8. The molecule has 138 valence electrons. The lowest BCUT2D eigenvalue weighted by molar-refractivity contribution is -0.134. The molecule has 0 atom stereocenters. The molecule has 0 radical (unpaired) electrons. The largest absolute Gasteiger partial charge is 0.493 e. The molecule has 0 saturated carbocycles. The number of benzene rings is 1.